The molecule has 0 heterocycles. The van der Waals surface area contributed by atoms with Gasteiger partial charge in [0.15, 0.2) is 0 Å². The van der Waals surface area contributed by atoms with Gasteiger partial charge in [-0.15, -0.1) is 0 Å². The van der Waals surface area contributed by atoms with Crippen LogP contribution in [0.4, 0.5) is 0 Å². The number of nitrogens with one attached hydrogen (secondary N) is 1. The molecule has 0 saturated carbocycles. The summed E-state index contributed by atoms with van der Waals surface area (Å²) in [6, 6.07) is -0.539. The van der Waals surface area contributed by atoms with Crippen molar-refractivity contribution in [1.82, 2.24) is 5.32 Å². The number of unbranched alkanes of at least 4 members (excludes halogenated alkanes) is 60. The van der Waals surface area contributed by atoms with E-state index >= 15 is 0 Å². The quantitative estimate of drug-likeness (QED) is 0.0417. The van der Waals surface area contributed by atoms with E-state index in [-0.39, 0.29) is 18.5 Å². The number of carbonyl (C=O) groups excluding carboxylic acids is 2. The Labute approximate surface area is 502 Å². The van der Waals surface area contributed by atoms with Gasteiger partial charge in [0.05, 0.1) is 25.4 Å². The Morgan fingerprint density at radius 3 is 0.762 bits per heavy atom. The van der Waals surface area contributed by atoms with Gasteiger partial charge in [0.25, 0.3) is 0 Å². The van der Waals surface area contributed by atoms with Gasteiger partial charge in [-0.05, 0) is 25.7 Å². The lowest BCUT2D eigenvalue weighted by Crippen LogP contribution is -2.45. The minimum Gasteiger partial charge on any atom is -0.466 e. The number of amides is 1. The molecule has 80 heavy (non-hydrogen) atoms. The number of carbonyl (C=O) groups is 2. The van der Waals surface area contributed by atoms with E-state index in [4.69, 9.17) is 4.74 Å². The molecule has 0 rings (SSSR count). The fourth-order valence-corrected chi connectivity index (χ4v) is 12.2. The average Bonchev–Trinajstić information content (AvgIpc) is 3.46. The molecule has 0 saturated heterocycles. The topological polar surface area (TPSA) is 95.9 Å². The number of ether oxygens (including phenoxy) is 1. The third kappa shape index (κ3) is 66.0. The summed E-state index contributed by atoms with van der Waals surface area (Å²) in [6.45, 7) is 5.01. The maximum absolute atomic E-state index is 12.6. The molecule has 2 atom stereocenters. The number of aliphatic hydroxyl groups is 2. The van der Waals surface area contributed by atoms with E-state index < -0.39 is 12.1 Å². The zero-order valence-electron chi connectivity index (χ0n) is 54.9. The molecule has 6 heteroatoms. The number of hydrogen-bond donors (Lipinski definition) is 3. The van der Waals surface area contributed by atoms with Crippen LogP contribution < -0.4 is 5.32 Å². The van der Waals surface area contributed by atoms with Crippen LogP contribution in [0.5, 0.6) is 0 Å². The highest BCUT2D eigenvalue weighted by Crippen LogP contribution is 2.20. The Morgan fingerprint density at radius 1 is 0.300 bits per heavy atom. The molecular formula is C74H147NO5. The van der Waals surface area contributed by atoms with Crippen molar-refractivity contribution in [1.29, 1.82) is 0 Å². The molecule has 0 aliphatic heterocycles. The predicted octanol–water partition coefficient (Wildman–Crippen LogP) is 24.2. The zero-order chi connectivity index (χ0) is 57.8. The van der Waals surface area contributed by atoms with E-state index in [2.05, 4.69) is 19.2 Å². The van der Waals surface area contributed by atoms with Crippen molar-refractivity contribution in [3.63, 3.8) is 0 Å². The van der Waals surface area contributed by atoms with Crippen LogP contribution in [0.2, 0.25) is 0 Å². The maximum Gasteiger partial charge on any atom is 0.305 e. The molecular weight excluding hydrogens is 983 g/mol. The summed E-state index contributed by atoms with van der Waals surface area (Å²) in [7, 11) is 0. The van der Waals surface area contributed by atoms with E-state index in [1.807, 2.05) is 0 Å². The molecule has 3 N–H and O–H groups in total. The highest BCUT2D eigenvalue weighted by molar-refractivity contribution is 5.76. The molecule has 0 radical (unpaired) electrons. The second-order valence-corrected chi connectivity index (χ2v) is 26.0. The van der Waals surface area contributed by atoms with E-state index in [1.165, 1.54) is 366 Å². The van der Waals surface area contributed by atoms with Gasteiger partial charge in [0.1, 0.15) is 0 Å². The molecule has 1 amide bonds. The number of aliphatic hydroxyl groups excluding tert-OH is 2. The first kappa shape index (κ1) is 78.9. The number of esters is 1. The van der Waals surface area contributed by atoms with E-state index in [0.717, 1.165) is 38.5 Å². The van der Waals surface area contributed by atoms with Crippen molar-refractivity contribution in [2.45, 2.75) is 450 Å². The maximum atomic E-state index is 12.6. The second-order valence-electron chi connectivity index (χ2n) is 26.0. The van der Waals surface area contributed by atoms with Crippen LogP contribution in [0.15, 0.2) is 0 Å². The van der Waals surface area contributed by atoms with Crippen LogP contribution in [0.1, 0.15) is 438 Å². The van der Waals surface area contributed by atoms with Gasteiger partial charge in [-0.25, -0.2) is 0 Å². The lowest BCUT2D eigenvalue weighted by Gasteiger charge is -2.22. The summed E-state index contributed by atoms with van der Waals surface area (Å²) < 4.78 is 5.50. The number of rotatable bonds is 71. The van der Waals surface area contributed by atoms with Gasteiger partial charge in [-0.3, -0.25) is 9.59 Å². The normalized spacial score (nSPS) is 12.4. The lowest BCUT2D eigenvalue weighted by atomic mass is 10.0. The predicted molar refractivity (Wildman–Crippen MR) is 352 cm³/mol. The van der Waals surface area contributed by atoms with E-state index in [9.17, 15) is 19.8 Å². The van der Waals surface area contributed by atoms with Crippen molar-refractivity contribution in [3.8, 4) is 0 Å². The van der Waals surface area contributed by atoms with Crippen LogP contribution in [-0.4, -0.2) is 47.4 Å². The third-order valence-electron chi connectivity index (χ3n) is 17.9. The highest BCUT2D eigenvalue weighted by Gasteiger charge is 2.20. The summed E-state index contributed by atoms with van der Waals surface area (Å²) in [5.41, 5.74) is 0. The first-order chi connectivity index (χ1) is 39.5. The van der Waals surface area contributed by atoms with Crippen LogP contribution >= 0.6 is 0 Å². The molecule has 478 valence electrons. The van der Waals surface area contributed by atoms with E-state index in [1.54, 1.807) is 0 Å². The summed E-state index contributed by atoms with van der Waals surface area (Å²) >= 11 is 0. The van der Waals surface area contributed by atoms with Gasteiger partial charge in [-0.2, -0.15) is 0 Å². The van der Waals surface area contributed by atoms with Gasteiger partial charge in [-0.1, -0.05) is 399 Å². The minimum atomic E-state index is -0.662. The van der Waals surface area contributed by atoms with Gasteiger partial charge in [0, 0.05) is 12.8 Å². The average molecular weight is 1130 g/mol. The largest absolute Gasteiger partial charge is 0.466 e. The van der Waals surface area contributed by atoms with Gasteiger partial charge in [0.2, 0.25) is 5.91 Å². The Bertz CT molecular complexity index is 1160. The SMILES string of the molecule is CCCCCCCCCCCCCCCCCCCCCCCC(O)C(CO)NC(=O)CCCCCCCCCCCCCCCCCCCCCCCCCCCCCCOC(=O)CCCCCCCCCCCCCCCC. The summed E-state index contributed by atoms with van der Waals surface area (Å²) in [5, 5.41) is 23.4. The summed E-state index contributed by atoms with van der Waals surface area (Å²) in [5.74, 6) is -0.00350. The Kier molecular flexibility index (Phi) is 69.3. The van der Waals surface area contributed by atoms with Crippen LogP contribution in [0.3, 0.4) is 0 Å². The molecule has 0 aromatic carbocycles. The Balaban J connectivity index is 3.33. The summed E-state index contributed by atoms with van der Waals surface area (Å²) in [6.07, 6.45) is 86.0. The van der Waals surface area contributed by atoms with Crippen LogP contribution in [0, 0.1) is 0 Å². The van der Waals surface area contributed by atoms with E-state index in [0.29, 0.717) is 25.9 Å². The molecule has 0 aromatic rings. The summed E-state index contributed by atoms with van der Waals surface area (Å²) in [4.78, 5) is 24.6. The fraction of sp³-hybridized carbons (Fsp3) is 0.973. The smallest absolute Gasteiger partial charge is 0.305 e. The number of hydrogen-bond acceptors (Lipinski definition) is 5. The standard InChI is InChI=1S/C74H147NO5/c1-3-5-7-9-11-13-15-17-19-20-21-30-33-36-39-42-46-50-54-58-62-66-72(77)71(70-76)75-73(78)67-63-59-55-51-47-43-40-37-34-31-28-26-24-22-23-25-27-29-32-35-38-41-45-49-53-57-61-65-69-80-74(79)68-64-60-56-52-48-44-18-16-14-12-10-8-6-4-2/h71-72,76-77H,3-70H2,1-2H3,(H,75,78). The molecule has 0 bridgehead atoms. The van der Waals surface area contributed by atoms with Crippen molar-refractivity contribution >= 4 is 11.9 Å². The molecule has 6 nitrogen and oxygen atoms in total. The Morgan fingerprint density at radius 2 is 0.512 bits per heavy atom. The van der Waals surface area contributed by atoms with Crippen LogP contribution in [-0.2, 0) is 14.3 Å². The molecule has 0 aromatic heterocycles. The van der Waals surface area contributed by atoms with Crippen LogP contribution in [0.25, 0.3) is 0 Å². The minimum absolute atomic E-state index is 0.0225. The fourth-order valence-electron chi connectivity index (χ4n) is 12.2. The van der Waals surface area contributed by atoms with Gasteiger partial charge < -0.3 is 20.3 Å². The monoisotopic (exact) mass is 1130 g/mol. The molecule has 2 unspecified atom stereocenters. The highest BCUT2D eigenvalue weighted by atomic mass is 16.5. The molecule has 0 aliphatic rings. The third-order valence-corrected chi connectivity index (χ3v) is 17.9. The first-order valence-electron chi connectivity index (χ1n) is 37.3. The van der Waals surface area contributed by atoms with Gasteiger partial charge >= 0.3 is 5.97 Å². The Hall–Kier alpha value is -1.14. The van der Waals surface area contributed by atoms with Crippen molar-refractivity contribution in [3.05, 3.63) is 0 Å². The lowest BCUT2D eigenvalue weighted by molar-refractivity contribution is -0.143. The first-order valence-corrected chi connectivity index (χ1v) is 37.3. The molecule has 0 spiro atoms. The van der Waals surface area contributed by atoms with Crippen molar-refractivity contribution in [2.24, 2.45) is 0 Å². The second kappa shape index (κ2) is 70.3. The van der Waals surface area contributed by atoms with Crippen molar-refractivity contribution < 1.29 is 24.5 Å². The van der Waals surface area contributed by atoms with Crippen molar-refractivity contribution in [2.75, 3.05) is 13.2 Å². The molecule has 0 aliphatic carbocycles. The zero-order valence-corrected chi connectivity index (χ0v) is 54.9. The molecule has 0 fully saturated rings.